The lowest BCUT2D eigenvalue weighted by atomic mass is 10.1. The highest BCUT2D eigenvalue weighted by molar-refractivity contribution is 6.08. The van der Waals surface area contributed by atoms with Crippen LogP contribution in [0.2, 0.25) is 0 Å². The molecular formula is C18H12F4N2O5. The van der Waals surface area contributed by atoms with Crippen molar-refractivity contribution in [3.05, 3.63) is 53.8 Å². The van der Waals surface area contributed by atoms with Gasteiger partial charge in [0.1, 0.15) is 5.58 Å². The van der Waals surface area contributed by atoms with Crippen molar-refractivity contribution in [3.63, 3.8) is 0 Å². The molecule has 0 spiro atoms. The molecule has 0 aliphatic rings. The Morgan fingerprint density at radius 2 is 1.59 bits per heavy atom. The zero-order chi connectivity index (χ0) is 21.1. The van der Waals surface area contributed by atoms with E-state index in [2.05, 4.69) is 14.8 Å². The Hall–Kier alpha value is -3.76. The zero-order valence-electron chi connectivity index (χ0n) is 14.3. The summed E-state index contributed by atoms with van der Waals surface area (Å²) in [5.74, 6) is -3.18. The number of ether oxygens (including phenoxy) is 2. The average molecular weight is 412 g/mol. The van der Waals surface area contributed by atoms with Gasteiger partial charge in [0.15, 0.2) is 17.3 Å². The first-order valence-electron chi connectivity index (χ1n) is 7.92. The summed E-state index contributed by atoms with van der Waals surface area (Å²) in [6, 6.07) is 8.99. The van der Waals surface area contributed by atoms with Crippen LogP contribution in [-0.4, -0.2) is 25.0 Å². The first-order valence-corrected chi connectivity index (χ1v) is 7.92. The maximum Gasteiger partial charge on any atom is 0.387 e. The lowest BCUT2D eigenvalue weighted by molar-refractivity contribution is -0.0691. The van der Waals surface area contributed by atoms with E-state index >= 15 is 0 Å². The predicted molar refractivity (Wildman–Crippen MR) is 92.4 cm³/mol. The molecule has 3 aromatic rings. The number of amides is 2. The monoisotopic (exact) mass is 412 g/mol. The lowest BCUT2D eigenvalue weighted by Gasteiger charge is -2.11. The third-order valence-electron chi connectivity index (χ3n) is 3.68. The van der Waals surface area contributed by atoms with Gasteiger partial charge in [-0.3, -0.25) is 9.59 Å². The summed E-state index contributed by atoms with van der Waals surface area (Å²) in [5.41, 5.74) is 5.32. The number of rotatable bonds is 7. The fraction of sp³-hybridized carbons (Fsp3) is 0.111. The second-order valence-electron chi connectivity index (χ2n) is 5.57. The fourth-order valence-corrected chi connectivity index (χ4v) is 2.53. The van der Waals surface area contributed by atoms with E-state index in [1.165, 1.54) is 18.2 Å². The summed E-state index contributed by atoms with van der Waals surface area (Å²) >= 11 is 0. The Balaban J connectivity index is 1.94. The molecule has 0 unspecified atom stereocenters. The maximum atomic E-state index is 12.5. The number of para-hydroxylation sites is 1. The number of alkyl halides is 4. The minimum atomic E-state index is -3.30. The summed E-state index contributed by atoms with van der Waals surface area (Å²) in [6.07, 6.45) is 0. The number of fused-ring (bicyclic) bond motifs is 1. The summed E-state index contributed by atoms with van der Waals surface area (Å²) in [7, 11) is 0. The van der Waals surface area contributed by atoms with E-state index in [0.29, 0.717) is 0 Å². The number of hydrogen-bond acceptors (Lipinski definition) is 5. The first-order chi connectivity index (χ1) is 13.7. The van der Waals surface area contributed by atoms with Crippen LogP contribution in [0.15, 0.2) is 46.9 Å². The van der Waals surface area contributed by atoms with E-state index in [9.17, 15) is 27.2 Å². The predicted octanol–water partition coefficient (Wildman–Crippen LogP) is 3.99. The molecule has 11 heteroatoms. The lowest BCUT2D eigenvalue weighted by Crippen LogP contribution is -2.17. The number of nitrogens with one attached hydrogen (secondary N) is 1. The number of carbonyl (C=O) groups excluding carboxylic acids is 2. The van der Waals surface area contributed by atoms with E-state index in [-0.39, 0.29) is 28.0 Å². The number of furan rings is 1. The number of hydrogen-bond donors (Lipinski definition) is 2. The standard InChI is InChI=1S/C18H12F4N2O5/c19-17(20)28-12-5-8-6-14(27-11(8)7-13(12)29-18(21)22)16(26)24-10-4-2-1-3-9(10)15(23)25/h1-7,17-18H,(H2,23,25)(H,24,26). The van der Waals surface area contributed by atoms with Gasteiger partial charge in [-0.2, -0.15) is 17.6 Å². The van der Waals surface area contributed by atoms with Gasteiger partial charge in [-0.05, 0) is 24.3 Å². The van der Waals surface area contributed by atoms with Crippen molar-refractivity contribution in [2.45, 2.75) is 13.2 Å². The summed E-state index contributed by atoms with van der Waals surface area (Å²) in [5, 5.41) is 2.55. The van der Waals surface area contributed by atoms with Crippen molar-refractivity contribution in [2.24, 2.45) is 5.73 Å². The van der Waals surface area contributed by atoms with Crippen molar-refractivity contribution in [1.82, 2.24) is 0 Å². The molecule has 0 fully saturated rings. The molecular weight excluding hydrogens is 400 g/mol. The molecule has 1 heterocycles. The molecule has 0 aliphatic carbocycles. The topological polar surface area (TPSA) is 104 Å². The Kier molecular flexibility index (Phi) is 5.57. The van der Waals surface area contributed by atoms with E-state index in [1.807, 2.05) is 0 Å². The van der Waals surface area contributed by atoms with Crippen molar-refractivity contribution in [2.75, 3.05) is 5.32 Å². The summed E-state index contributed by atoms with van der Waals surface area (Å²) in [6.45, 7) is -6.58. The zero-order valence-corrected chi connectivity index (χ0v) is 14.3. The van der Waals surface area contributed by atoms with Crippen LogP contribution in [0.5, 0.6) is 11.5 Å². The highest BCUT2D eigenvalue weighted by atomic mass is 19.3. The van der Waals surface area contributed by atoms with Gasteiger partial charge in [0.25, 0.3) is 11.8 Å². The van der Waals surface area contributed by atoms with E-state index < -0.39 is 36.5 Å². The van der Waals surface area contributed by atoms with Crippen LogP contribution in [0, 0.1) is 0 Å². The Morgan fingerprint density at radius 1 is 0.966 bits per heavy atom. The average Bonchev–Trinajstić information content (AvgIpc) is 3.04. The van der Waals surface area contributed by atoms with Gasteiger partial charge in [-0.15, -0.1) is 0 Å². The van der Waals surface area contributed by atoms with Crippen LogP contribution < -0.4 is 20.5 Å². The number of anilines is 1. The second-order valence-corrected chi connectivity index (χ2v) is 5.57. The molecule has 0 aliphatic heterocycles. The van der Waals surface area contributed by atoms with Gasteiger partial charge >= 0.3 is 13.2 Å². The fourth-order valence-electron chi connectivity index (χ4n) is 2.53. The highest BCUT2D eigenvalue weighted by Gasteiger charge is 2.20. The summed E-state index contributed by atoms with van der Waals surface area (Å²) in [4.78, 5) is 23.9. The molecule has 152 valence electrons. The summed E-state index contributed by atoms with van der Waals surface area (Å²) < 4.78 is 63.7. The molecule has 2 amide bonds. The van der Waals surface area contributed by atoms with E-state index in [0.717, 1.165) is 12.1 Å². The third-order valence-corrected chi connectivity index (χ3v) is 3.68. The normalized spacial score (nSPS) is 11.1. The van der Waals surface area contributed by atoms with Gasteiger partial charge in [-0.1, -0.05) is 12.1 Å². The minimum Gasteiger partial charge on any atom is -0.451 e. The minimum absolute atomic E-state index is 0.0530. The van der Waals surface area contributed by atoms with Crippen molar-refractivity contribution in [3.8, 4) is 11.5 Å². The van der Waals surface area contributed by atoms with Crippen molar-refractivity contribution >= 4 is 28.5 Å². The molecule has 29 heavy (non-hydrogen) atoms. The van der Waals surface area contributed by atoms with E-state index in [4.69, 9.17) is 10.2 Å². The van der Waals surface area contributed by atoms with Crippen LogP contribution in [0.3, 0.4) is 0 Å². The molecule has 1 aromatic heterocycles. The molecule has 0 atom stereocenters. The van der Waals surface area contributed by atoms with Gasteiger partial charge in [-0.25, -0.2) is 0 Å². The van der Waals surface area contributed by atoms with Gasteiger partial charge in [0.2, 0.25) is 0 Å². The number of carbonyl (C=O) groups is 2. The van der Waals surface area contributed by atoms with Crippen LogP contribution in [0.4, 0.5) is 23.2 Å². The molecule has 3 rings (SSSR count). The number of nitrogens with two attached hydrogens (primary N) is 1. The maximum absolute atomic E-state index is 12.5. The van der Waals surface area contributed by atoms with Crippen molar-refractivity contribution in [1.29, 1.82) is 0 Å². The second kappa shape index (κ2) is 8.09. The number of benzene rings is 2. The Bertz CT molecular complexity index is 1020. The van der Waals surface area contributed by atoms with E-state index in [1.54, 1.807) is 12.1 Å². The van der Waals surface area contributed by atoms with Crippen LogP contribution >= 0.6 is 0 Å². The van der Waals surface area contributed by atoms with Crippen LogP contribution in [0.1, 0.15) is 20.9 Å². The quantitative estimate of drug-likeness (QED) is 0.571. The van der Waals surface area contributed by atoms with Gasteiger partial charge < -0.3 is 24.9 Å². The number of halogens is 4. The molecule has 0 saturated heterocycles. The molecule has 0 bridgehead atoms. The SMILES string of the molecule is NC(=O)c1ccccc1NC(=O)c1cc2cc(OC(F)F)c(OC(F)F)cc2o1. The van der Waals surface area contributed by atoms with Crippen LogP contribution in [0.25, 0.3) is 11.0 Å². The molecule has 3 N–H and O–H groups in total. The van der Waals surface area contributed by atoms with Gasteiger partial charge in [0.05, 0.1) is 11.3 Å². The molecule has 0 saturated carbocycles. The molecule has 2 aromatic carbocycles. The Labute approximate surface area is 160 Å². The first kappa shape index (κ1) is 20.0. The van der Waals surface area contributed by atoms with Gasteiger partial charge in [0, 0.05) is 11.5 Å². The Morgan fingerprint density at radius 3 is 2.21 bits per heavy atom. The largest absolute Gasteiger partial charge is 0.451 e. The van der Waals surface area contributed by atoms with Crippen LogP contribution in [-0.2, 0) is 0 Å². The number of primary amides is 1. The highest BCUT2D eigenvalue weighted by Crippen LogP contribution is 2.36. The van der Waals surface area contributed by atoms with Crippen molar-refractivity contribution < 1.29 is 41.0 Å². The smallest absolute Gasteiger partial charge is 0.387 e. The third kappa shape index (κ3) is 4.57. The molecule has 0 radical (unpaired) electrons. The molecule has 7 nitrogen and oxygen atoms in total.